The molecule has 0 bridgehead atoms. The van der Waals surface area contributed by atoms with Crippen molar-refractivity contribution in [1.29, 1.82) is 0 Å². The Hall–Kier alpha value is 10.6. The van der Waals surface area contributed by atoms with E-state index in [1.54, 1.807) is 241 Å². The maximum atomic E-state index is 9.00. The molecule has 1 N–H and O–H groups in total. The predicted molar refractivity (Wildman–Crippen MR) is 585 cm³/mol. The van der Waals surface area contributed by atoms with Crippen LogP contribution in [0.3, 0.4) is 0 Å². The van der Waals surface area contributed by atoms with Gasteiger partial charge in [0.05, 0.1) is 0 Å². The van der Waals surface area contributed by atoms with Crippen molar-refractivity contribution in [2.45, 2.75) is 83.2 Å². The lowest BCUT2D eigenvalue weighted by Gasteiger charge is -2.45. The fourth-order valence-corrected chi connectivity index (χ4v) is 149. The first-order valence-corrected chi connectivity index (χ1v) is 100. The lowest BCUT2D eigenvalue weighted by Crippen LogP contribution is -2.64. The van der Waals surface area contributed by atoms with Gasteiger partial charge in [-0.1, -0.05) is 116 Å². The zero-order chi connectivity index (χ0) is 68.1. The van der Waals surface area contributed by atoms with Crippen LogP contribution in [0.25, 0.3) is 0 Å². The van der Waals surface area contributed by atoms with E-state index in [0.29, 0.717) is 17.6 Å². The van der Waals surface area contributed by atoms with Crippen LogP contribution in [-0.4, -0.2) is 19.8 Å². The minimum atomic E-state index is -1.89. The average Bonchev–Trinajstić information content (AvgIpc) is 1.69. The Morgan fingerprint density at radius 3 is 0.642 bits per heavy atom. The van der Waals surface area contributed by atoms with E-state index in [9.17, 15) is 0 Å². The van der Waals surface area contributed by atoms with Crippen LogP contribution >= 0.6 is 0 Å². The molecule has 0 spiro atoms. The molecule has 4 aliphatic rings. The molecule has 4 aliphatic carbocycles. The highest BCUT2D eigenvalue weighted by Crippen LogP contribution is 2.58. The Balaban J connectivity index is 0.000000360. The van der Waals surface area contributed by atoms with Gasteiger partial charge in [0.15, 0.2) is 0 Å². The maximum Gasteiger partial charge on any atom is 0.123 e. The van der Waals surface area contributed by atoms with E-state index in [4.69, 9.17) is 49.9 Å². The Kier molecular flexibility index (Phi) is 77.3. The zero-order valence-corrected chi connectivity index (χ0v) is 94.9. The van der Waals surface area contributed by atoms with Gasteiger partial charge in [0.1, 0.15) is 8.07 Å². The van der Waals surface area contributed by atoms with Crippen LogP contribution in [-0.2, 0) is 515 Å². The molecule has 2 saturated carbocycles. The first-order chi connectivity index (χ1) is 46.8. The highest BCUT2D eigenvalue weighted by atomic mass is 33.5. The van der Waals surface area contributed by atoms with Crippen LogP contribution in [0.2, 0.25) is 11.1 Å². The summed E-state index contributed by atoms with van der Waals surface area (Å²) >= 11 is 19.1. The molecule has 6 rings (SSSR count). The second-order valence-corrected chi connectivity index (χ2v) is 116. The molecule has 0 saturated heterocycles. The minimum Gasteiger partial charge on any atom is -0.396 e. The average molecular weight is 2350 g/mol. The van der Waals surface area contributed by atoms with Crippen LogP contribution in [0.1, 0.15) is 72.1 Å². The smallest absolute Gasteiger partial charge is 0.123 e. The molecule has 95 heavy (non-hydrogen) atoms. The standard InChI is InChI=1S/C26H34Si.C10H16O.S39.S18/c1-26(2,3)27(21-14-8-6-9-15-21,22-16-10-7-11-17-22)20-25-23-18-12-4-5-13-19-24(23)25;11-7-10-8-5-3-1-2-4-6-9(8)10;1-3-5-7-9-11-13-15-17-19-21-23-25-27-29-31-33-35-37-39-38-36-34-32-30-28-26-24-22-20-18-16-14-12-10-8-6-4-2;1-3-5-7-9-11-13-15-17-18-16-14-12-10-8-6-4-2/h4-11,14-17,23-25H,12-13,18-20H2,1-3H3;1-2,8-11H,3-7H2;;/b5-4-;2-1-;;/t23-,24+,25?;8-,9+,10?;;. The second-order valence-electron chi connectivity index (χ2n) is 17.1. The molecule has 6 atom stereocenters. The lowest BCUT2D eigenvalue weighted by molar-refractivity contribution is 0.262. The monoisotopic (exact) mass is 2350 g/mol. The van der Waals surface area contributed by atoms with Crippen molar-refractivity contribution in [2.75, 3.05) is 6.61 Å². The van der Waals surface area contributed by atoms with Crippen molar-refractivity contribution in [3.8, 4) is 0 Å². The van der Waals surface area contributed by atoms with E-state index in [2.05, 4.69) is 106 Å². The van der Waals surface area contributed by atoms with Crippen molar-refractivity contribution < 1.29 is 5.11 Å². The Labute approximate surface area is 731 Å². The topological polar surface area (TPSA) is 20.2 Å². The maximum absolute atomic E-state index is 9.00. The Morgan fingerprint density at radius 1 is 0.295 bits per heavy atom. The second kappa shape index (κ2) is 73.5. The van der Waals surface area contributed by atoms with Gasteiger partial charge in [-0.15, -0.1) is 0 Å². The van der Waals surface area contributed by atoms with Gasteiger partial charge in [0, 0.05) is 522 Å². The minimum absolute atomic E-state index is 0.297. The Bertz CT molecular complexity index is 5280. The Morgan fingerprint density at radius 2 is 0.474 bits per heavy atom. The molecule has 0 radical (unpaired) electrons. The molecule has 1 nitrogen and oxygen atoms in total. The van der Waals surface area contributed by atoms with Gasteiger partial charge in [0.2, 0.25) is 0 Å². The third-order valence-corrected chi connectivity index (χ3v) is 132. The molecule has 546 valence electrons. The van der Waals surface area contributed by atoms with Crippen LogP contribution in [0.5, 0.6) is 0 Å². The van der Waals surface area contributed by atoms with Gasteiger partial charge in [0.25, 0.3) is 0 Å². The molecule has 59 heteroatoms. The number of hydrogen-bond acceptors (Lipinski definition) is 5. The van der Waals surface area contributed by atoms with Gasteiger partial charge in [-0.05, 0) is 98.0 Å². The van der Waals surface area contributed by atoms with Crippen LogP contribution in [0.4, 0.5) is 0 Å². The largest absolute Gasteiger partial charge is 0.396 e. The van der Waals surface area contributed by atoms with Crippen molar-refractivity contribution in [3.05, 3.63) is 85.0 Å². The number of aliphatic hydroxyl groups is 1. The molecule has 2 fully saturated rings. The summed E-state index contributed by atoms with van der Waals surface area (Å²) < 4.78 is 0. The summed E-state index contributed by atoms with van der Waals surface area (Å²) in [6.45, 7) is 7.94. The number of fused-ring (bicyclic) bond motifs is 2. The number of allylic oxidation sites excluding steroid dienone is 4. The molecule has 2 aromatic rings. The first kappa shape index (κ1) is 99.8. The van der Waals surface area contributed by atoms with Gasteiger partial charge in [-0.3, -0.25) is 0 Å². The summed E-state index contributed by atoms with van der Waals surface area (Å²) in [5.74, 6) is 5.26. The van der Waals surface area contributed by atoms with Gasteiger partial charge < -0.3 is 5.11 Å². The summed E-state index contributed by atoms with van der Waals surface area (Å²) in [6.07, 6.45) is 19.9. The lowest BCUT2D eigenvalue weighted by atomic mass is 10.1. The van der Waals surface area contributed by atoms with Crippen LogP contribution < -0.4 is 10.4 Å². The summed E-state index contributed by atoms with van der Waals surface area (Å²) in [6, 6.07) is 24.5. The summed E-state index contributed by atoms with van der Waals surface area (Å²) in [5, 5.41) is 12.5. The van der Waals surface area contributed by atoms with Gasteiger partial charge in [-0.25, -0.2) is 0 Å². The first-order valence-electron chi connectivity index (χ1n) is 24.7. The number of rotatable bonds is 5. The summed E-state index contributed by atoms with van der Waals surface area (Å²) in [4.78, 5) is 0. The van der Waals surface area contributed by atoms with Gasteiger partial charge >= 0.3 is 0 Å². The predicted octanol–water partition coefficient (Wildman–Crippen LogP) is 7.88. The normalized spacial score (nSPS) is 17.3. The number of aliphatic hydroxyl groups excluding tert-OH is 1. The van der Waals surface area contributed by atoms with Gasteiger partial charge in [-0.2, -0.15) is 0 Å². The molecular weight excluding hydrogens is 2300 g/mol. The van der Waals surface area contributed by atoms with E-state index in [-0.39, 0.29) is 0 Å². The third-order valence-electron chi connectivity index (χ3n) is 12.0. The van der Waals surface area contributed by atoms with Crippen molar-refractivity contribution in [2.24, 2.45) is 35.5 Å². The van der Waals surface area contributed by atoms with Crippen LogP contribution in [0, 0.1) is 35.5 Å². The highest BCUT2D eigenvalue weighted by Gasteiger charge is 2.57. The molecule has 0 aliphatic heterocycles. The molecule has 0 aromatic heterocycles. The zero-order valence-electron chi connectivity index (χ0n) is 47.3. The molecule has 2 aromatic carbocycles. The van der Waals surface area contributed by atoms with E-state index in [1.165, 1.54) is 92.9 Å². The van der Waals surface area contributed by atoms with Crippen molar-refractivity contribution >= 4 is 534 Å². The molecule has 0 amide bonds. The van der Waals surface area contributed by atoms with E-state index >= 15 is 0 Å². The van der Waals surface area contributed by atoms with E-state index in [1.807, 2.05) is 204 Å². The molecule has 0 heterocycles. The van der Waals surface area contributed by atoms with E-state index < -0.39 is 8.07 Å². The molecular formula is C36H50OS57Si. The quantitative estimate of drug-likeness (QED) is 0.243. The fraction of sp³-hybridized carbons (Fsp3) is 0.556. The number of hydrogen-bond donors (Lipinski definition) is 1. The highest BCUT2D eigenvalue weighted by molar-refractivity contribution is 8.82. The van der Waals surface area contributed by atoms with E-state index in [0.717, 1.165) is 29.6 Å². The molecule has 2 unspecified atom stereocenters. The summed E-state index contributed by atoms with van der Waals surface area (Å²) in [5.41, 5.74) is 0. The SMILES string of the molecule is CC(C)(C)[Si](CC1[C@H]2CC/C=C\CC[C@@H]12)(c1ccccc1)c1ccccc1.OCC1[C@H]2CC/C=C\CC[C@@H]12.S=S=S=S=S=S=S=S=S=S=S=S=S=S=S=S=S=S.S=S=S=S=S=S=S=S=S=S=S=S=S=S=S=S=S=S=S=S=S=S=S=S=S=S=S=S=S=S=S=S=S=S=S=S=S=S=S. The summed E-state index contributed by atoms with van der Waals surface area (Å²) in [7, 11) is 90.9. The van der Waals surface area contributed by atoms with Crippen molar-refractivity contribution in [3.63, 3.8) is 0 Å². The number of benzene rings is 2. The fourth-order valence-electron chi connectivity index (χ4n) is 8.89. The van der Waals surface area contributed by atoms with Crippen LogP contribution in [0.15, 0.2) is 85.0 Å². The van der Waals surface area contributed by atoms with Crippen molar-refractivity contribution in [1.82, 2.24) is 0 Å². The third kappa shape index (κ3) is 53.4.